The summed E-state index contributed by atoms with van der Waals surface area (Å²) in [7, 11) is 0. The zero-order valence-corrected chi connectivity index (χ0v) is 15.6. The first-order valence-corrected chi connectivity index (χ1v) is 10.5. The number of fused-ring (bicyclic) bond motifs is 8. The fourth-order valence-electron chi connectivity index (χ4n) is 5.06. The van der Waals surface area contributed by atoms with E-state index in [1.165, 1.54) is 16.7 Å². The van der Waals surface area contributed by atoms with E-state index in [0.717, 1.165) is 5.56 Å². The van der Waals surface area contributed by atoms with Crippen molar-refractivity contribution in [2.75, 3.05) is 0 Å². The molecule has 1 nitrogen and oxygen atoms in total. The molecule has 0 amide bonds. The molecule has 0 spiro atoms. The van der Waals surface area contributed by atoms with E-state index < -0.39 is 4.75 Å². The average Bonchev–Trinajstić information content (AvgIpc) is 3.13. The molecule has 2 fully saturated rings. The molecule has 3 heteroatoms. The third-order valence-corrected chi connectivity index (χ3v) is 9.81. The minimum absolute atomic E-state index is 0.215. The van der Waals surface area contributed by atoms with Crippen LogP contribution in [0.1, 0.15) is 34.1 Å². The summed E-state index contributed by atoms with van der Waals surface area (Å²) in [5.41, 5.74) is 5.21. The van der Waals surface area contributed by atoms with Crippen LogP contribution < -0.4 is 0 Å². The first-order chi connectivity index (χ1) is 12.8. The maximum absolute atomic E-state index is 13.5. The second kappa shape index (κ2) is 5.05. The summed E-state index contributed by atoms with van der Waals surface area (Å²) >= 11 is 3.45. The molecule has 0 saturated carbocycles. The van der Waals surface area contributed by atoms with E-state index in [2.05, 4.69) is 78.9 Å². The summed E-state index contributed by atoms with van der Waals surface area (Å²) in [5.74, 6) is 0.647. The lowest BCUT2D eigenvalue weighted by molar-refractivity contribution is -0.114. The van der Waals surface area contributed by atoms with Gasteiger partial charge in [0.2, 0.25) is 5.12 Å². The van der Waals surface area contributed by atoms with Gasteiger partial charge in [-0.1, -0.05) is 96.7 Å². The second-order valence-electron chi connectivity index (χ2n) is 7.21. The Morgan fingerprint density at radius 3 is 1.85 bits per heavy atom. The minimum Gasteiger partial charge on any atom is -0.285 e. The highest BCUT2D eigenvalue weighted by molar-refractivity contribution is 8.31. The molecule has 0 radical (unpaired) electrons. The summed E-state index contributed by atoms with van der Waals surface area (Å²) in [6.07, 6.45) is 0. The van der Waals surface area contributed by atoms with Crippen LogP contribution in [0, 0.1) is 0 Å². The second-order valence-corrected chi connectivity index (χ2v) is 10.2. The molecule has 0 N–H and O–H groups in total. The number of thioether (sulfide) groups is 2. The van der Waals surface area contributed by atoms with Crippen LogP contribution in [0.2, 0.25) is 0 Å². The minimum atomic E-state index is -0.471. The number of rotatable bonds is 2. The molecule has 2 heterocycles. The van der Waals surface area contributed by atoms with Crippen LogP contribution in [0.5, 0.6) is 0 Å². The molecule has 3 aromatic carbocycles. The zero-order chi connectivity index (χ0) is 17.4. The van der Waals surface area contributed by atoms with Crippen molar-refractivity contribution in [3.8, 4) is 0 Å². The molecule has 4 atom stereocenters. The van der Waals surface area contributed by atoms with Crippen molar-refractivity contribution in [1.29, 1.82) is 0 Å². The van der Waals surface area contributed by atoms with Crippen molar-refractivity contribution in [3.05, 3.63) is 107 Å². The lowest BCUT2D eigenvalue weighted by Gasteiger charge is -2.48. The number of hydrogen-bond acceptors (Lipinski definition) is 3. The van der Waals surface area contributed by atoms with Gasteiger partial charge in [-0.05, 0) is 22.3 Å². The Balaban J connectivity index is 1.64. The Hall–Kier alpha value is -1.97. The van der Waals surface area contributed by atoms with Gasteiger partial charge in [0.15, 0.2) is 0 Å². The van der Waals surface area contributed by atoms with Gasteiger partial charge in [0.25, 0.3) is 0 Å². The Morgan fingerprint density at radius 1 is 0.654 bits per heavy atom. The standard InChI is InChI=1S/C23H16OS2/c24-21-22(15-9-3-1-4-10-15)19-17-13-7-8-14-18(17)20(19)23(25-21,26-22)16-11-5-2-6-12-16/h1-14,19-20H/t19-,20+,22-,23+/m1/s1. The molecule has 2 saturated heterocycles. The van der Waals surface area contributed by atoms with Crippen LogP contribution >= 0.6 is 23.5 Å². The van der Waals surface area contributed by atoms with Gasteiger partial charge < -0.3 is 0 Å². The first kappa shape index (κ1) is 15.1. The maximum Gasteiger partial charge on any atom is 0.211 e. The number of carbonyl (C=O) groups excluding carboxylic acids is 1. The van der Waals surface area contributed by atoms with E-state index in [4.69, 9.17) is 0 Å². The highest BCUT2D eigenvalue weighted by Gasteiger charge is 2.77. The van der Waals surface area contributed by atoms with Gasteiger partial charge in [0.05, 0.1) is 0 Å². The highest BCUT2D eigenvalue weighted by Crippen LogP contribution is 2.85. The van der Waals surface area contributed by atoms with E-state index in [1.54, 1.807) is 11.8 Å². The normalized spacial score (nSPS) is 33.5. The van der Waals surface area contributed by atoms with Crippen LogP contribution in [0.4, 0.5) is 0 Å². The Bertz CT molecular complexity index is 1030. The summed E-state index contributed by atoms with van der Waals surface area (Å²) < 4.78 is -0.687. The van der Waals surface area contributed by atoms with E-state index in [9.17, 15) is 4.79 Å². The average molecular weight is 373 g/mol. The van der Waals surface area contributed by atoms with E-state index in [0.29, 0.717) is 11.0 Å². The number of benzene rings is 3. The van der Waals surface area contributed by atoms with Crippen molar-refractivity contribution >= 4 is 28.6 Å². The maximum atomic E-state index is 13.5. The van der Waals surface area contributed by atoms with Gasteiger partial charge in [-0.3, -0.25) is 4.79 Å². The smallest absolute Gasteiger partial charge is 0.211 e. The molecule has 26 heavy (non-hydrogen) atoms. The van der Waals surface area contributed by atoms with Crippen molar-refractivity contribution in [1.82, 2.24) is 0 Å². The van der Waals surface area contributed by atoms with Crippen LogP contribution in [0.3, 0.4) is 0 Å². The van der Waals surface area contributed by atoms with Crippen LogP contribution in [-0.4, -0.2) is 5.12 Å². The summed E-state index contributed by atoms with van der Waals surface area (Å²) in [4.78, 5) is 13.5. The summed E-state index contributed by atoms with van der Waals surface area (Å²) in [5, 5.41) is 0.313. The lowest BCUT2D eigenvalue weighted by atomic mass is 9.59. The van der Waals surface area contributed by atoms with Crippen molar-refractivity contribution in [2.45, 2.75) is 20.7 Å². The van der Waals surface area contributed by atoms with Crippen molar-refractivity contribution in [2.24, 2.45) is 0 Å². The fourth-order valence-corrected chi connectivity index (χ4v) is 9.26. The molecule has 2 bridgehead atoms. The van der Waals surface area contributed by atoms with Gasteiger partial charge in [0, 0.05) is 11.8 Å². The molecular weight excluding hydrogens is 356 g/mol. The van der Waals surface area contributed by atoms with Crippen molar-refractivity contribution < 1.29 is 4.79 Å². The first-order valence-electron chi connectivity index (χ1n) is 8.91. The van der Waals surface area contributed by atoms with Crippen LogP contribution in [0.15, 0.2) is 84.9 Å². The quantitative estimate of drug-likeness (QED) is 0.580. The topological polar surface area (TPSA) is 17.1 Å². The third-order valence-electron chi connectivity index (χ3n) is 6.09. The van der Waals surface area contributed by atoms with E-state index >= 15 is 0 Å². The predicted molar refractivity (Wildman–Crippen MR) is 108 cm³/mol. The van der Waals surface area contributed by atoms with Gasteiger partial charge in [-0.15, -0.1) is 11.8 Å². The van der Waals surface area contributed by atoms with Crippen molar-refractivity contribution in [3.63, 3.8) is 0 Å². The summed E-state index contributed by atoms with van der Waals surface area (Å²) in [6, 6.07) is 29.8. The van der Waals surface area contributed by atoms with Crippen LogP contribution in [0.25, 0.3) is 0 Å². The zero-order valence-electron chi connectivity index (χ0n) is 14.0. The molecule has 3 aliphatic rings. The SMILES string of the molecule is O=C1S[C@@]2(c3ccccc3)S[C@]1(c1ccccc1)[C@@H]1c3ccccc3[C@@H]12. The van der Waals surface area contributed by atoms with E-state index in [-0.39, 0.29) is 10.00 Å². The predicted octanol–water partition coefficient (Wildman–Crippen LogP) is 5.64. The van der Waals surface area contributed by atoms with Crippen LogP contribution in [-0.2, 0) is 13.6 Å². The number of hydrogen-bond donors (Lipinski definition) is 0. The molecule has 1 aliphatic carbocycles. The third kappa shape index (κ3) is 1.60. The number of carbonyl (C=O) groups is 1. The molecule has 126 valence electrons. The molecular formula is C23H16OS2. The molecule has 0 unspecified atom stereocenters. The Labute approximate surface area is 161 Å². The Morgan fingerprint density at radius 2 is 1.19 bits per heavy atom. The molecule has 2 aliphatic heterocycles. The highest BCUT2D eigenvalue weighted by atomic mass is 32.2. The molecule has 0 aromatic heterocycles. The lowest BCUT2D eigenvalue weighted by Crippen LogP contribution is -2.45. The Kier molecular flexibility index (Phi) is 2.94. The molecule has 3 aromatic rings. The summed E-state index contributed by atoms with van der Waals surface area (Å²) in [6.45, 7) is 0. The van der Waals surface area contributed by atoms with Gasteiger partial charge in [-0.25, -0.2) is 0 Å². The molecule has 6 rings (SSSR count). The largest absolute Gasteiger partial charge is 0.285 e. The van der Waals surface area contributed by atoms with Gasteiger partial charge in [-0.2, -0.15) is 0 Å². The van der Waals surface area contributed by atoms with Gasteiger partial charge in [0.1, 0.15) is 8.83 Å². The monoisotopic (exact) mass is 372 g/mol. The fraction of sp³-hybridized carbons (Fsp3) is 0.174. The van der Waals surface area contributed by atoms with E-state index in [1.807, 2.05) is 17.8 Å². The van der Waals surface area contributed by atoms with Gasteiger partial charge >= 0.3 is 0 Å².